The van der Waals surface area contributed by atoms with Gasteiger partial charge >= 0.3 is 0 Å². The Labute approximate surface area is 111 Å². The molecule has 96 valence electrons. The van der Waals surface area contributed by atoms with Gasteiger partial charge in [-0.25, -0.2) is 0 Å². The predicted molar refractivity (Wildman–Crippen MR) is 71.7 cm³/mol. The second-order valence-corrected chi connectivity index (χ2v) is 4.76. The van der Waals surface area contributed by atoms with Gasteiger partial charge in [-0.1, -0.05) is 29.8 Å². The highest BCUT2D eigenvalue weighted by molar-refractivity contribution is 6.31. The summed E-state index contributed by atoms with van der Waals surface area (Å²) in [5.41, 5.74) is 0.653. The van der Waals surface area contributed by atoms with E-state index in [9.17, 15) is 10.1 Å². The highest BCUT2D eigenvalue weighted by Crippen LogP contribution is 2.26. The van der Waals surface area contributed by atoms with Crippen molar-refractivity contribution in [3.05, 3.63) is 51.1 Å². The summed E-state index contributed by atoms with van der Waals surface area (Å²) >= 11 is 6.03. The van der Waals surface area contributed by atoms with Crippen LogP contribution in [0.1, 0.15) is 24.8 Å². The maximum Gasteiger partial charge on any atom is 0.275 e. The quantitative estimate of drug-likeness (QED) is 0.516. The molecule has 18 heavy (non-hydrogen) atoms. The fourth-order valence-electron chi connectivity index (χ4n) is 2.12. The Morgan fingerprint density at radius 1 is 1.44 bits per heavy atom. The number of halogens is 1. The number of nitrogens with zero attached hydrogens (tertiary/aromatic N) is 1. The zero-order valence-corrected chi connectivity index (χ0v) is 10.7. The van der Waals surface area contributed by atoms with Crippen molar-refractivity contribution in [3.8, 4) is 0 Å². The van der Waals surface area contributed by atoms with Crippen LogP contribution in [-0.4, -0.2) is 11.0 Å². The molecule has 0 saturated heterocycles. The molecule has 0 spiro atoms. The van der Waals surface area contributed by atoms with Gasteiger partial charge in [-0.3, -0.25) is 10.1 Å². The SMILES string of the molecule is O=[N+]([O-])c1cccc(Cl)c1CNC1CC=CCC1. The first-order valence-corrected chi connectivity index (χ1v) is 6.36. The third-order valence-corrected chi connectivity index (χ3v) is 3.48. The van der Waals surface area contributed by atoms with Crippen LogP contribution in [-0.2, 0) is 6.54 Å². The second kappa shape index (κ2) is 5.98. The number of nitrogens with one attached hydrogen (secondary N) is 1. The van der Waals surface area contributed by atoms with Crippen LogP contribution in [0.3, 0.4) is 0 Å². The van der Waals surface area contributed by atoms with Gasteiger partial charge < -0.3 is 5.32 Å². The average Bonchev–Trinajstić information content (AvgIpc) is 2.38. The normalized spacial score (nSPS) is 18.8. The first-order valence-electron chi connectivity index (χ1n) is 5.98. The Hall–Kier alpha value is -1.39. The molecule has 0 saturated carbocycles. The Morgan fingerprint density at radius 2 is 2.28 bits per heavy atom. The Bertz CT molecular complexity index is 474. The van der Waals surface area contributed by atoms with Crippen LogP contribution >= 0.6 is 11.6 Å². The molecule has 0 fully saturated rings. The van der Waals surface area contributed by atoms with E-state index >= 15 is 0 Å². The predicted octanol–water partition coefficient (Wildman–Crippen LogP) is 3.45. The molecule has 1 aromatic carbocycles. The van der Waals surface area contributed by atoms with Crippen LogP contribution < -0.4 is 5.32 Å². The van der Waals surface area contributed by atoms with E-state index in [0.717, 1.165) is 19.3 Å². The highest BCUT2D eigenvalue weighted by Gasteiger charge is 2.17. The zero-order chi connectivity index (χ0) is 13.0. The summed E-state index contributed by atoms with van der Waals surface area (Å²) in [5, 5.41) is 14.7. The molecule has 2 rings (SSSR count). The summed E-state index contributed by atoms with van der Waals surface area (Å²) in [6.07, 6.45) is 7.40. The van der Waals surface area contributed by atoms with Crippen molar-refractivity contribution in [2.75, 3.05) is 0 Å². The molecular weight excluding hydrogens is 252 g/mol. The molecule has 1 aliphatic rings. The lowest BCUT2D eigenvalue weighted by Gasteiger charge is -2.19. The Kier molecular flexibility index (Phi) is 4.33. The summed E-state index contributed by atoms with van der Waals surface area (Å²) in [6, 6.07) is 5.16. The van der Waals surface area contributed by atoms with E-state index in [0.29, 0.717) is 23.2 Å². The molecule has 5 heteroatoms. The molecular formula is C13H15ClN2O2. The molecule has 0 heterocycles. The summed E-state index contributed by atoms with van der Waals surface area (Å²) < 4.78 is 0. The average molecular weight is 267 g/mol. The van der Waals surface area contributed by atoms with Gasteiger partial charge in [0.25, 0.3) is 5.69 Å². The first kappa shape index (κ1) is 13.1. The van der Waals surface area contributed by atoms with Crippen molar-refractivity contribution in [2.45, 2.75) is 31.8 Å². The molecule has 4 nitrogen and oxygen atoms in total. The van der Waals surface area contributed by atoms with Crippen molar-refractivity contribution in [1.82, 2.24) is 5.32 Å². The smallest absolute Gasteiger partial charge is 0.275 e. The van der Waals surface area contributed by atoms with E-state index in [1.54, 1.807) is 12.1 Å². The molecule has 1 aliphatic carbocycles. The minimum atomic E-state index is -0.385. The van der Waals surface area contributed by atoms with Gasteiger partial charge in [0.05, 0.1) is 15.5 Å². The number of nitro groups is 1. The number of allylic oxidation sites excluding steroid dienone is 1. The lowest BCUT2D eigenvalue weighted by Crippen LogP contribution is -2.29. The number of benzene rings is 1. The largest absolute Gasteiger partial charge is 0.309 e. The Balaban J connectivity index is 2.08. The lowest BCUT2D eigenvalue weighted by atomic mass is 10.0. The van der Waals surface area contributed by atoms with Crippen LogP contribution in [0.4, 0.5) is 5.69 Å². The summed E-state index contributed by atoms with van der Waals surface area (Å²) in [7, 11) is 0. The van der Waals surface area contributed by atoms with Gasteiger partial charge in [0.1, 0.15) is 0 Å². The summed E-state index contributed by atoms with van der Waals surface area (Å²) in [5.74, 6) is 0. The van der Waals surface area contributed by atoms with Crippen LogP contribution in [0.15, 0.2) is 30.4 Å². The molecule has 0 bridgehead atoms. The number of hydrogen-bond donors (Lipinski definition) is 1. The van der Waals surface area contributed by atoms with Crippen molar-refractivity contribution >= 4 is 17.3 Å². The van der Waals surface area contributed by atoms with Crippen LogP contribution in [0.2, 0.25) is 5.02 Å². The van der Waals surface area contributed by atoms with Crippen molar-refractivity contribution in [2.24, 2.45) is 0 Å². The fraction of sp³-hybridized carbons (Fsp3) is 0.385. The third kappa shape index (κ3) is 3.09. The summed E-state index contributed by atoms with van der Waals surface area (Å²) in [4.78, 5) is 10.5. The molecule has 0 aliphatic heterocycles. The number of hydrogen-bond acceptors (Lipinski definition) is 3. The third-order valence-electron chi connectivity index (χ3n) is 3.13. The number of rotatable bonds is 4. The van der Waals surface area contributed by atoms with E-state index in [1.165, 1.54) is 6.07 Å². The molecule has 0 amide bonds. The van der Waals surface area contributed by atoms with Crippen molar-refractivity contribution in [3.63, 3.8) is 0 Å². The number of nitro benzene ring substituents is 1. The van der Waals surface area contributed by atoms with Crippen LogP contribution in [0, 0.1) is 10.1 Å². The molecule has 1 atom stereocenters. The van der Waals surface area contributed by atoms with Gasteiger partial charge in [0, 0.05) is 18.7 Å². The highest BCUT2D eigenvalue weighted by atomic mass is 35.5. The van der Waals surface area contributed by atoms with Crippen molar-refractivity contribution in [1.29, 1.82) is 0 Å². The van der Waals surface area contributed by atoms with Crippen LogP contribution in [0.5, 0.6) is 0 Å². The monoisotopic (exact) mass is 266 g/mol. The summed E-state index contributed by atoms with van der Waals surface area (Å²) in [6.45, 7) is 0.439. The minimum absolute atomic E-state index is 0.0846. The van der Waals surface area contributed by atoms with Gasteiger partial charge in [-0.2, -0.15) is 0 Å². The first-order chi connectivity index (χ1) is 8.68. The van der Waals surface area contributed by atoms with Gasteiger partial charge in [0.2, 0.25) is 0 Å². The standard InChI is InChI=1S/C13H15ClN2O2/c14-12-7-4-8-13(16(17)18)11(12)9-15-10-5-2-1-3-6-10/h1-2,4,7-8,10,15H,3,5-6,9H2. The van der Waals surface area contributed by atoms with Crippen molar-refractivity contribution < 1.29 is 4.92 Å². The van der Waals surface area contributed by atoms with Gasteiger partial charge in [-0.05, 0) is 25.3 Å². The van der Waals surface area contributed by atoms with E-state index in [4.69, 9.17) is 11.6 Å². The van der Waals surface area contributed by atoms with E-state index < -0.39 is 0 Å². The maximum atomic E-state index is 10.9. The van der Waals surface area contributed by atoms with Crippen LogP contribution in [0.25, 0.3) is 0 Å². The molecule has 1 N–H and O–H groups in total. The van der Waals surface area contributed by atoms with Gasteiger partial charge in [-0.15, -0.1) is 0 Å². The van der Waals surface area contributed by atoms with E-state index in [2.05, 4.69) is 17.5 Å². The molecule has 0 aromatic heterocycles. The zero-order valence-electron chi connectivity index (χ0n) is 9.93. The second-order valence-electron chi connectivity index (χ2n) is 4.36. The molecule has 1 unspecified atom stereocenters. The van der Waals surface area contributed by atoms with Gasteiger partial charge in [0.15, 0.2) is 0 Å². The maximum absolute atomic E-state index is 10.9. The fourth-order valence-corrected chi connectivity index (χ4v) is 2.36. The topological polar surface area (TPSA) is 55.2 Å². The minimum Gasteiger partial charge on any atom is -0.309 e. The Morgan fingerprint density at radius 3 is 2.94 bits per heavy atom. The lowest BCUT2D eigenvalue weighted by molar-refractivity contribution is -0.385. The van der Waals surface area contributed by atoms with E-state index in [-0.39, 0.29) is 10.6 Å². The molecule has 1 aromatic rings. The van der Waals surface area contributed by atoms with E-state index in [1.807, 2.05) is 0 Å². The molecule has 0 radical (unpaired) electrons.